The van der Waals surface area contributed by atoms with Crippen molar-refractivity contribution >= 4 is 22.8 Å². The van der Waals surface area contributed by atoms with Gasteiger partial charge in [-0.2, -0.15) is 0 Å². The number of imidazole rings is 1. The van der Waals surface area contributed by atoms with Gasteiger partial charge < -0.3 is 9.72 Å². The van der Waals surface area contributed by atoms with Crippen molar-refractivity contribution in [1.82, 2.24) is 15.0 Å². The molecule has 0 aliphatic carbocycles. The van der Waals surface area contributed by atoms with Gasteiger partial charge in [0, 0.05) is 16.8 Å². The molecule has 0 aliphatic heterocycles. The van der Waals surface area contributed by atoms with Crippen molar-refractivity contribution in [1.29, 1.82) is 0 Å². The molecule has 23 heavy (non-hydrogen) atoms. The predicted octanol–water partition coefficient (Wildman–Crippen LogP) is 5.07. The molecular formula is C18H12ClN3O. The highest BCUT2D eigenvalue weighted by atomic mass is 35.5. The SMILES string of the molecule is Clc1ccc(Oc2ccc(-c3nc4ncccc4[nH]3)cc2)cc1. The number of halogens is 1. The number of H-pyrrole nitrogens is 1. The van der Waals surface area contributed by atoms with Gasteiger partial charge in [-0.15, -0.1) is 0 Å². The molecule has 0 atom stereocenters. The number of pyridine rings is 1. The Morgan fingerprint density at radius 2 is 1.57 bits per heavy atom. The zero-order chi connectivity index (χ0) is 15.6. The Morgan fingerprint density at radius 1 is 0.870 bits per heavy atom. The minimum Gasteiger partial charge on any atom is -0.457 e. The number of aromatic nitrogens is 3. The van der Waals surface area contributed by atoms with Crippen LogP contribution in [-0.4, -0.2) is 15.0 Å². The molecule has 0 unspecified atom stereocenters. The molecule has 0 saturated carbocycles. The highest BCUT2D eigenvalue weighted by Crippen LogP contribution is 2.26. The van der Waals surface area contributed by atoms with E-state index in [0.717, 1.165) is 28.4 Å². The third-order valence-corrected chi connectivity index (χ3v) is 3.69. The van der Waals surface area contributed by atoms with E-state index in [4.69, 9.17) is 16.3 Å². The molecule has 0 spiro atoms. The Labute approximate surface area is 137 Å². The van der Waals surface area contributed by atoms with E-state index in [0.29, 0.717) is 10.7 Å². The summed E-state index contributed by atoms with van der Waals surface area (Å²) in [6, 6.07) is 18.8. The molecule has 112 valence electrons. The molecule has 0 bridgehead atoms. The lowest BCUT2D eigenvalue weighted by atomic mass is 10.2. The number of benzene rings is 2. The van der Waals surface area contributed by atoms with Gasteiger partial charge in [-0.1, -0.05) is 11.6 Å². The van der Waals surface area contributed by atoms with Crippen LogP contribution in [0, 0.1) is 0 Å². The van der Waals surface area contributed by atoms with Crippen LogP contribution in [0.2, 0.25) is 5.02 Å². The molecule has 4 nitrogen and oxygen atoms in total. The van der Waals surface area contributed by atoms with Crippen LogP contribution < -0.4 is 4.74 Å². The molecule has 5 heteroatoms. The van der Waals surface area contributed by atoms with Gasteiger partial charge in [-0.25, -0.2) is 9.97 Å². The minimum absolute atomic E-state index is 0.686. The first-order chi connectivity index (χ1) is 11.3. The molecule has 0 fully saturated rings. The van der Waals surface area contributed by atoms with Crippen molar-refractivity contribution in [2.75, 3.05) is 0 Å². The van der Waals surface area contributed by atoms with Crippen LogP contribution >= 0.6 is 11.6 Å². The van der Waals surface area contributed by atoms with Gasteiger partial charge in [0.05, 0.1) is 5.52 Å². The van der Waals surface area contributed by atoms with Crippen molar-refractivity contribution in [3.63, 3.8) is 0 Å². The first-order valence-electron chi connectivity index (χ1n) is 7.12. The number of nitrogens with one attached hydrogen (secondary N) is 1. The lowest BCUT2D eigenvalue weighted by Gasteiger charge is -2.06. The molecule has 1 N–H and O–H groups in total. The normalized spacial score (nSPS) is 10.8. The number of hydrogen-bond donors (Lipinski definition) is 1. The molecule has 4 aromatic rings. The molecule has 0 saturated heterocycles. The average Bonchev–Trinajstić information content (AvgIpc) is 3.02. The van der Waals surface area contributed by atoms with Crippen LogP contribution in [0.25, 0.3) is 22.6 Å². The van der Waals surface area contributed by atoms with Crippen LogP contribution in [0.5, 0.6) is 11.5 Å². The van der Waals surface area contributed by atoms with Crippen molar-refractivity contribution in [3.8, 4) is 22.9 Å². The summed E-state index contributed by atoms with van der Waals surface area (Å²) in [6.07, 6.45) is 1.73. The van der Waals surface area contributed by atoms with E-state index in [-0.39, 0.29) is 0 Å². The summed E-state index contributed by atoms with van der Waals surface area (Å²) in [6.45, 7) is 0. The second-order valence-corrected chi connectivity index (χ2v) is 5.48. The summed E-state index contributed by atoms with van der Waals surface area (Å²) in [5, 5.41) is 0.686. The Morgan fingerprint density at radius 3 is 2.26 bits per heavy atom. The number of hydrogen-bond acceptors (Lipinski definition) is 3. The van der Waals surface area contributed by atoms with Crippen molar-refractivity contribution in [2.24, 2.45) is 0 Å². The maximum atomic E-state index is 5.87. The number of rotatable bonds is 3. The Hall–Kier alpha value is -2.85. The van der Waals surface area contributed by atoms with Gasteiger partial charge in [0.1, 0.15) is 17.3 Å². The standard InChI is InChI=1S/C18H12ClN3O/c19-13-5-9-15(10-6-13)23-14-7-3-12(4-8-14)17-21-16-2-1-11-20-18(16)22-17/h1-11H,(H,20,21,22). The van der Waals surface area contributed by atoms with E-state index in [1.807, 2.05) is 48.5 Å². The average molecular weight is 322 g/mol. The number of fused-ring (bicyclic) bond motifs is 1. The zero-order valence-corrected chi connectivity index (χ0v) is 12.8. The Kier molecular flexibility index (Phi) is 3.44. The summed E-state index contributed by atoms with van der Waals surface area (Å²) < 4.78 is 5.78. The van der Waals surface area contributed by atoms with Crippen LogP contribution in [0.15, 0.2) is 66.9 Å². The van der Waals surface area contributed by atoms with Gasteiger partial charge in [0.2, 0.25) is 0 Å². The molecule has 2 heterocycles. The summed E-state index contributed by atoms with van der Waals surface area (Å²) in [5.41, 5.74) is 2.61. The van der Waals surface area contributed by atoms with Crippen LogP contribution in [0.3, 0.4) is 0 Å². The minimum atomic E-state index is 0.686. The molecular weight excluding hydrogens is 310 g/mol. The van der Waals surface area contributed by atoms with E-state index in [1.54, 1.807) is 18.3 Å². The molecule has 2 aromatic carbocycles. The predicted molar refractivity (Wildman–Crippen MR) is 90.9 cm³/mol. The Bertz CT molecular complexity index is 913. The topological polar surface area (TPSA) is 50.8 Å². The van der Waals surface area contributed by atoms with Gasteiger partial charge in [0.15, 0.2) is 5.65 Å². The summed E-state index contributed by atoms with van der Waals surface area (Å²) >= 11 is 5.87. The fraction of sp³-hybridized carbons (Fsp3) is 0. The third kappa shape index (κ3) is 2.89. The van der Waals surface area contributed by atoms with E-state index in [1.165, 1.54) is 0 Å². The first kappa shape index (κ1) is 13.8. The number of aromatic amines is 1. The Balaban J connectivity index is 1.58. The van der Waals surface area contributed by atoms with Crippen molar-refractivity contribution < 1.29 is 4.74 Å². The number of nitrogens with zero attached hydrogens (tertiary/aromatic N) is 2. The smallest absolute Gasteiger partial charge is 0.178 e. The molecule has 0 radical (unpaired) electrons. The van der Waals surface area contributed by atoms with Gasteiger partial charge in [0.25, 0.3) is 0 Å². The molecule has 0 aliphatic rings. The third-order valence-electron chi connectivity index (χ3n) is 3.43. The van der Waals surface area contributed by atoms with E-state index in [9.17, 15) is 0 Å². The summed E-state index contributed by atoms with van der Waals surface area (Å²) in [4.78, 5) is 12.0. The largest absolute Gasteiger partial charge is 0.457 e. The molecule has 0 amide bonds. The second-order valence-electron chi connectivity index (χ2n) is 5.04. The van der Waals surface area contributed by atoms with Crippen molar-refractivity contribution in [2.45, 2.75) is 0 Å². The van der Waals surface area contributed by atoms with Crippen LogP contribution in [0.1, 0.15) is 0 Å². The van der Waals surface area contributed by atoms with Gasteiger partial charge in [-0.3, -0.25) is 0 Å². The fourth-order valence-electron chi connectivity index (χ4n) is 2.30. The highest BCUT2D eigenvalue weighted by Gasteiger charge is 2.06. The van der Waals surface area contributed by atoms with Gasteiger partial charge >= 0.3 is 0 Å². The fourth-order valence-corrected chi connectivity index (χ4v) is 2.43. The lowest BCUT2D eigenvalue weighted by molar-refractivity contribution is 0.483. The van der Waals surface area contributed by atoms with Crippen LogP contribution in [0.4, 0.5) is 0 Å². The van der Waals surface area contributed by atoms with E-state index < -0.39 is 0 Å². The summed E-state index contributed by atoms with van der Waals surface area (Å²) in [7, 11) is 0. The van der Waals surface area contributed by atoms with Crippen molar-refractivity contribution in [3.05, 3.63) is 71.9 Å². The summed E-state index contributed by atoms with van der Waals surface area (Å²) in [5.74, 6) is 2.29. The monoisotopic (exact) mass is 321 g/mol. The maximum absolute atomic E-state index is 5.87. The molecule has 2 aromatic heterocycles. The molecule has 4 rings (SSSR count). The van der Waals surface area contributed by atoms with E-state index >= 15 is 0 Å². The zero-order valence-electron chi connectivity index (χ0n) is 12.0. The number of ether oxygens (including phenoxy) is 1. The first-order valence-corrected chi connectivity index (χ1v) is 7.50. The maximum Gasteiger partial charge on any atom is 0.178 e. The highest BCUT2D eigenvalue weighted by molar-refractivity contribution is 6.30. The second kappa shape index (κ2) is 5.74. The lowest BCUT2D eigenvalue weighted by Crippen LogP contribution is -1.85. The van der Waals surface area contributed by atoms with Crippen LogP contribution in [-0.2, 0) is 0 Å². The van der Waals surface area contributed by atoms with Gasteiger partial charge in [-0.05, 0) is 60.7 Å². The quantitative estimate of drug-likeness (QED) is 0.573. The van der Waals surface area contributed by atoms with E-state index in [2.05, 4.69) is 15.0 Å².